The molecule has 1 aromatic carbocycles. The van der Waals surface area contributed by atoms with E-state index in [1.807, 2.05) is 13.2 Å². The highest BCUT2D eigenvalue weighted by Gasteiger charge is 2.17. The Balaban J connectivity index is 2.92. The Labute approximate surface area is 99.2 Å². The van der Waals surface area contributed by atoms with Crippen LogP contribution < -0.4 is 10.8 Å². The molecule has 0 saturated heterocycles. The molecule has 3 N–H and O–H groups in total. The maximum atomic E-state index is 11.4. The highest BCUT2D eigenvalue weighted by Crippen LogP contribution is 2.08. The molecule has 0 atom stereocenters. The van der Waals surface area contributed by atoms with Crippen LogP contribution in [0, 0.1) is 6.92 Å². The molecule has 0 aliphatic carbocycles. The molecule has 6 heteroatoms. The summed E-state index contributed by atoms with van der Waals surface area (Å²) in [6.07, 6.45) is 1.83. The van der Waals surface area contributed by atoms with Crippen molar-refractivity contribution in [2.45, 2.75) is 6.92 Å². The predicted molar refractivity (Wildman–Crippen MR) is 68.0 cm³/mol. The van der Waals surface area contributed by atoms with Crippen molar-refractivity contribution in [3.05, 3.63) is 23.8 Å². The third-order valence-corrected chi connectivity index (χ3v) is 2.59. The second-order valence-electron chi connectivity index (χ2n) is 3.45. The highest BCUT2D eigenvalue weighted by atomic mass is 32.2. The average molecular weight is 239 g/mol. The summed E-state index contributed by atoms with van der Waals surface area (Å²) in [6, 6.07) is 5.07. The molecular weight excluding hydrogens is 225 g/mol. The van der Waals surface area contributed by atoms with Gasteiger partial charge in [0.2, 0.25) is 5.91 Å². The summed E-state index contributed by atoms with van der Waals surface area (Å²) in [5.41, 5.74) is 1.71. The van der Waals surface area contributed by atoms with E-state index < -0.39 is 7.12 Å². The van der Waals surface area contributed by atoms with E-state index in [2.05, 4.69) is 5.32 Å². The first-order valence-electron chi connectivity index (χ1n) is 4.80. The van der Waals surface area contributed by atoms with Crippen LogP contribution in [-0.2, 0) is 4.79 Å². The van der Waals surface area contributed by atoms with Crippen molar-refractivity contribution in [1.82, 2.24) is 0 Å². The van der Waals surface area contributed by atoms with Crippen LogP contribution in [0.25, 0.3) is 0 Å². The molecule has 0 heterocycles. The van der Waals surface area contributed by atoms with Gasteiger partial charge in [0.1, 0.15) is 0 Å². The van der Waals surface area contributed by atoms with Crippen LogP contribution in [0.15, 0.2) is 18.2 Å². The molecule has 0 fully saturated rings. The fourth-order valence-corrected chi connectivity index (χ4v) is 1.66. The van der Waals surface area contributed by atoms with Crippen LogP contribution in [0.1, 0.15) is 5.56 Å². The lowest BCUT2D eigenvalue weighted by Gasteiger charge is -2.11. The van der Waals surface area contributed by atoms with E-state index in [0.717, 1.165) is 5.56 Å². The van der Waals surface area contributed by atoms with E-state index in [4.69, 9.17) is 10.0 Å². The fourth-order valence-electron chi connectivity index (χ4n) is 1.32. The van der Waals surface area contributed by atoms with Crippen LogP contribution in [0.4, 0.5) is 5.69 Å². The minimum Gasteiger partial charge on any atom is -0.423 e. The summed E-state index contributed by atoms with van der Waals surface area (Å²) in [5.74, 6) is 0.189. The number of amides is 1. The molecule has 1 amide bonds. The van der Waals surface area contributed by atoms with Gasteiger partial charge in [0.05, 0.1) is 5.75 Å². The Morgan fingerprint density at radius 3 is 2.75 bits per heavy atom. The fraction of sp³-hybridized carbons (Fsp3) is 0.300. The molecule has 0 saturated carbocycles. The van der Waals surface area contributed by atoms with Crippen molar-refractivity contribution in [2.24, 2.45) is 0 Å². The van der Waals surface area contributed by atoms with Gasteiger partial charge in [-0.15, -0.1) is 0 Å². The quantitative estimate of drug-likeness (QED) is 0.645. The SMILES string of the molecule is CSCC(=O)Nc1cc(C)ccc1B(O)O. The van der Waals surface area contributed by atoms with Gasteiger partial charge in [-0.2, -0.15) is 11.8 Å². The molecule has 86 valence electrons. The smallest absolute Gasteiger partial charge is 0.423 e. The predicted octanol–water partition coefficient (Wildman–Crippen LogP) is -0.0237. The Hall–Kier alpha value is -0.975. The first kappa shape index (κ1) is 13.1. The molecule has 16 heavy (non-hydrogen) atoms. The van der Waals surface area contributed by atoms with Crippen molar-refractivity contribution in [3.63, 3.8) is 0 Å². The van der Waals surface area contributed by atoms with Crippen molar-refractivity contribution >= 4 is 35.9 Å². The lowest BCUT2D eigenvalue weighted by Crippen LogP contribution is -2.33. The summed E-state index contributed by atoms with van der Waals surface area (Å²) < 4.78 is 0. The maximum absolute atomic E-state index is 11.4. The minimum absolute atomic E-state index is 0.153. The van der Waals surface area contributed by atoms with Crippen LogP contribution in [0.5, 0.6) is 0 Å². The van der Waals surface area contributed by atoms with Gasteiger partial charge in [-0.05, 0) is 24.8 Å². The largest absolute Gasteiger partial charge is 0.490 e. The molecule has 0 spiro atoms. The third kappa shape index (κ3) is 3.55. The number of hydrogen-bond donors (Lipinski definition) is 3. The summed E-state index contributed by atoms with van der Waals surface area (Å²) in [4.78, 5) is 11.4. The number of hydrogen-bond acceptors (Lipinski definition) is 4. The Kier molecular flexibility index (Phi) is 4.85. The van der Waals surface area contributed by atoms with E-state index in [1.165, 1.54) is 11.8 Å². The van der Waals surface area contributed by atoms with E-state index in [1.54, 1.807) is 18.2 Å². The summed E-state index contributed by atoms with van der Waals surface area (Å²) in [7, 11) is -1.58. The number of benzene rings is 1. The minimum atomic E-state index is -1.58. The number of carbonyl (C=O) groups excluding carboxylic acids is 1. The summed E-state index contributed by atoms with van der Waals surface area (Å²) >= 11 is 1.41. The topological polar surface area (TPSA) is 69.6 Å². The van der Waals surface area contributed by atoms with Crippen LogP contribution in [0.3, 0.4) is 0 Å². The van der Waals surface area contributed by atoms with Crippen molar-refractivity contribution in [2.75, 3.05) is 17.3 Å². The molecular formula is C10H14BNO3S. The third-order valence-electron chi connectivity index (χ3n) is 2.04. The monoisotopic (exact) mass is 239 g/mol. The average Bonchev–Trinajstić information content (AvgIpc) is 2.17. The van der Waals surface area contributed by atoms with Gasteiger partial charge in [-0.25, -0.2) is 0 Å². The van der Waals surface area contributed by atoms with Crippen LogP contribution in [-0.4, -0.2) is 35.1 Å². The number of aryl methyl sites for hydroxylation is 1. The standard InChI is InChI=1S/C10H14BNO3S/c1-7-3-4-8(11(14)15)9(5-7)12-10(13)6-16-2/h3-5,14-15H,6H2,1-2H3,(H,12,13). The van der Waals surface area contributed by atoms with Gasteiger partial charge in [0.25, 0.3) is 0 Å². The second-order valence-corrected chi connectivity index (χ2v) is 4.31. The molecule has 1 aromatic rings. The molecule has 0 aliphatic heterocycles. The molecule has 0 unspecified atom stereocenters. The van der Waals surface area contributed by atoms with E-state index in [9.17, 15) is 4.79 Å². The van der Waals surface area contributed by atoms with E-state index in [-0.39, 0.29) is 5.91 Å². The first-order valence-corrected chi connectivity index (χ1v) is 6.19. The zero-order valence-electron chi connectivity index (χ0n) is 9.23. The number of anilines is 1. The highest BCUT2D eigenvalue weighted by molar-refractivity contribution is 7.99. The van der Waals surface area contributed by atoms with Crippen LogP contribution in [0.2, 0.25) is 0 Å². The zero-order chi connectivity index (χ0) is 12.1. The van der Waals surface area contributed by atoms with Gasteiger partial charge < -0.3 is 15.4 Å². The lowest BCUT2D eigenvalue weighted by atomic mass is 9.78. The first-order chi connectivity index (χ1) is 7.54. The van der Waals surface area contributed by atoms with Crippen molar-refractivity contribution in [3.8, 4) is 0 Å². The van der Waals surface area contributed by atoms with Crippen molar-refractivity contribution < 1.29 is 14.8 Å². The van der Waals surface area contributed by atoms with Gasteiger partial charge in [-0.3, -0.25) is 4.79 Å². The second kappa shape index (κ2) is 5.93. The normalized spacial score (nSPS) is 10.0. The van der Waals surface area contributed by atoms with E-state index in [0.29, 0.717) is 16.9 Å². The molecule has 0 aromatic heterocycles. The molecule has 1 rings (SSSR count). The van der Waals surface area contributed by atoms with Gasteiger partial charge in [-0.1, -0.05) is 12.1 Å². The molecule has 0 aliphatic rings. The number of thioether (sulfide) groups is 1. The summed E-state index contributed by atoms with van der Waals surface area (Å²) in [5, 5.41) is 20.9. The zero-order valence-corrected chi connectivity index (χ0v) is 10.0. The Morgan fingerprint density at radius 2 is 2.19 bits per heavy atom. The number of carbonyl (C=O) groups is 1. The Bertz CT molecular complexity index is 384. The van der Waals surface area contributed by atoms with Gasteiger partial charge in [0, 0.05) is 11.2 Å². The van der Waals surface area contributed by atoms with E-state index >= 15 is 0 Å². The molecule has 0 bridgehead atoms. The number of rotatable bonds is 4. The van der Waals surface area contributed by atoms with Gasteiger partial charge in [0.15, 0.2) is 0 Å². The number of nitrogens with one attached hydrogen (secondary N) is 1. The Morgan fingerprint density at radius 1 is 1.50 bits per heavy atom. The summed E-state index contributed by atoms with van der Waals surface area (Å²) in [6.45, 7) is 1.87. The van der Waals surface area contributed by atoms with Crippen molar-refractivity contribution in [1.29, 1.82) is 0 Å². The molecule has 0 radical (unpaired) electrons. The maximum Gasteiger partial charge on any atom is 0.490 e. The molecule has 4 nitrogen and oxygen atoms in total. The van der Waals surface area contributed by atoms with Crippen LogP contribution >= 0.6 is 11.8 Å². The van der Waals surface area contributed by atoms with Gasteiger partial charge >= 0.3 is 7.12 Å². The lowest BCUT2D eigenvalue weighted by molar-refractivity contribution is -0.113.